The van der Waals surface area contributed by atoms with Crippen molar-refractivity contribution in [2.45, 2.75) is 0 Å². The van der Waals surface area contributed by atoms with Gasteiger partial charge in [0.05, 0.1) is 17.7 Å². The van der Waals surface area contributed by atoms with Crippen molar-refractivity contribution in [2.75, 3.05) is 18.4 Å². The number of rotatable bonds is 4. The third-order valence-corrected chi connectivity index (χ3v) is 3.84. The lowest BCUT2D eigenvalue weighted by atomic mass is 9.98. The van der Waals surface area contributed by atoms with Gasteiger partial charge in [0.1, 0.15) is 4.92 Å². The maximum Gasteiger partial charge on any atom is 0.433 e. The molecule has 2 amide bonds. The molecule has 2 aromatic heterocycles. The van der Waals surface area contributed by atoms with Crippen LogP contribution in [0.5, 0.6) is 0 Å². The van der Waals surface area contributed by atoms with Gasteiger partial charge in [0.25, 0.3) is 5.91 Å². The number of nitrogens with one attached hydrogen (secondary N) is 1. The zero-order valence-corrected chi connectivity index (χ0v) is 12.9. The summed E-state index contributed by atoms with van der Waals surface area (Å²) in [7, 11) is 0. The fourth-order valence-electron chi connectivity index (χ4n) is 2.22. The summed E-state index contributed by atoms with van der Waals surface area (Å²) in [6, 6.07) is 5.61. The van der Waals surface area contributed by atoms with Crippen molar-refractivity contribution in [3.05, 3.63) is 51.5 Å². The molecular weight excluding hydrogens is 340 g/mol. The number of nitrogens with zero attached hydrogens (tertiary/aromatic N) is 3. The van der Waals surface area contributed by atoms with Gasteiger partial charge in [-0.05, 0) is 18.2 Å². The van der Waals surface area contributed by atoms with Crippen LogP contribution in [0.3, 0.4) is 0 Å². The number of aromatic nitrogens is 1. The van der Waals surface area contributed by atoms with Crippen LogP contribution in [0.25, 0.3) is 0 Å². The largest absolute Gasteiger partial charge is 0.433 e. The Hall–Kier alpha value is -2.94. The Kier molecular flexibility index (Phi) is 4.17. The number of nitro groups is 1. The first-order valence-electron chi connectivity index (χ1n) is 6.90. The molecule has 9 nitrogen and oxygen atoms in total. The summed E-state index contributed by atoms with van der Waals surface area (Å²) in [5, 5.41) is 13.4. The fourth-order valence-corrected chi connectivity index (χ4v) is 2.39. The van der Waals surface area contributed by atoms with Gasteiger partial charge in [0.15, 0.2) is 10.9 Å². The minimum absolute atomic E-state index is 0.129. The van der Waals surface area contributed by atoms with Crippen LogP contribution in [-0.4, -0.2) is 39.7 Å². The highest BCUT2D eigenvalue weighted by atomic mass is 35.5. The van der Waals surface area contributed by atoms with Crippen LogP contribution >= 0.6 is 11.6 Å². The first kappa shape index (κ1) is 15.9. The van der Waals surface area contributed by atoms with Gasteiger partial charge in [-0.1, -0.05) is 11.6 Å². The number of hydrogen-bond donors (Lipinski definition) is 1. The smallest absolute Gasteiger partial charge is 0.395 e. The number of carbonyl (C=O) groups excluding carboxylic acids is 2. The molecule has 0 spiro atoms. The van der Waals surface area contributed by atoms with E-state index in [4.69, 9.17) is 16.0 Å². The van der Waals surface area contributed by atoms with Gasteiger partial charge in [-0.2, -0.15) is 0 Å². The van der Waals surface area contributed by atoms with E-state index in [1.165, 1.54) is 17.2 Å². The molecule has 1 aliphatic heterocycles. The zero-order chi connectivity index (χ0) is 17.3. The molecule has 0 radical (unpaired) electrons. The summed E-state index contributed by atoms with van der Waals surface area (Å²) in [5.74, 6) is -1.80. The van der Waals surface area contributed by atoms with Gasteiger partial charge < -0.3 is 14.6 Å². The molecule has 0 unspecified atom stereocenters. The molecule has 1 saturated heterocycles. The van der Waals surface area contributed by atoms with Crippen molar-refractivity contribution >= 4 is 35.0 Å². The molecule has 0 saturated carbocycles. The molecule has 1 aliphatic rings. The predicted octanol–water partition coefficient (Wildman–Crippen LogP) is 1.95. The average Bonchev–Trinajstić information content (AvgIpc) is 2.98. The van der Waals surface area contributed by atoms with Crippen molar-refractivity contribution < 1.29 is 18.9 Å². The zero-order valence-electron chi connectivity index (χ0n) is 12.1. The normalized spacial score (nSPS) is 14.1. The first-order chi connectivity index (χ1) is 11.5. The van der Waals surface area contributed by atoms with Gasteiger partial charge >= 0.3 is 5.88 Å². The Morgan fingerprint density at radius 3 is 2.75 bits per heavy atom. The summed E-state index contributed by atoms with van der Waals surface area (Å²) in [5.41, 5.74) is 0.399. The second kappa shape index (κ2) is 6.28. The van der Waals surface area contributed by atoms with E-state index in [9.17, 15) is 19.7 Å². The van der Waals surface area contributed by atoms with Crippen molar-refractivity contribution in [1.29, 1.82) is 0 Å². The van der Waals surface area contributed by atoms with Crippen LogP contribution in [-0.2, 0) is 4.79 Å². The number of hydrogen-bond acceptors (Lipinski definition) is 6. The summed E-state index contributed by atoms with van der Waals surface area (Å²) in [6.07, 6.45) is 1.50. The number of halogens is 1. The number of carbonyl (C=O) groups is 2. The highest BCUT2D eigenvalue weighted by molar-refractivity contribution is 6.32. The highest BCUT2D eigenvalue weighted by Gasteiger charge is 2.37. The fraction of sp³-hybridized carbons (Fsp3) is 0.214. The van der Waals surface area contributed by atoms with Crippen LogP contribution in [0.15, 0.2) is 34.9 Å². The molecular formula is C14H11ClN4O5. The average molecular weight is 351 g/mol. The molecule has 10 heteroatoms. The van der Waals surface area contributed by atoms with Crippen molar-refractivity contribution in [3.8, 4) is 0 Å². The van der Waals surface area contributed by atoms with E-state index >= 15 is 0 Å². The first-order valence-corrected chi connectivity index (χ1v) is 7.28. The van der Waals surface area contributed by atoms with E-state index in [1.807, 2.05) is 0 Å². The maximum atomic E-state index is 12.1. The number of anilines is 1. The van der Waals surface area contributed by atoms with E-state index < -0.39 is 22.6 Å². The van der Waals surface area contributed by atoms with Gasteiger partial charge in [-0.25, -0.2) is 4.98 Å². The van der Waals surface area contributed by atoms with Crippen LogP contribution in [0.4, 0.5) is 11.6 Å². The molecule has 3 rings (SSSR count). The van der Waals surface area contributed by atoms with E-state index in [2.05, 4.69) is 10.3 Å². The lowest BCUT2D eigenvalue weighted by Crippen LogP contribution is -2.54. The second-order valence-electron chi connectivity index (χ2n) is 5.13. The minimum Gasteiger partial charge on any atom is -0.395 e. The van der Waals surface area contributed by atoms with E-state index in [0.717, 1.165) is 6.07 Å². The summed E-state index contributed by atoms with van der Waals surface area (Å²) < 4.78 is 4.85. The van der Waals surface area contributed by atoms with E-state index in [-0.39, 0.29) is 29.9 Å². The van der Waals surface area contributed by atoms with Crippen LogP contribution in [0, 0.1) is 16.0 Å². The number of furan rings is 1. The van der Waals surface area contributed by atoms with E-state index in [0.29, 0.717) is 5.69 Å². The molecule has 124 valence electrons. The summed E-state index contributed by atoms with van der Waals surface area (Å²) in [4.78, 5) is 39.2. The Balaban J connectivity index is 1.56. The van der Waals surface area contributed by atoms with Crippen LogP contribution < -0.4 is 5.32 Å². The van der Waals surface area contributed by atoms with Crippen molar-refractivity contribution in [1.82, 2.24) is 9.88 Å². The minimum atomic E-state index is -0.721. The van der Waals surface area contributed by atoms with Crippen LogP contribution in [0.1, 0.15) is 10.6 Å². The molecule has 0 aliphatic carbocycles. The topological polar surface area (TPSA) is 119 Å². The lowest BCUT2D eigenvalue weighted by Gasteiger charge is -2.37. The molecule has 24 heavy (non-hydrogen) atoms. The Morgan fingerprint density at radius 1 is 1.38 bits per heavy atom. The Morgan fingerprint density at radius 2 is 2.12 bits per heavy atom. The van der Waals surface area contributed by atoms with Crippen LogP contribution in [0.2, 0.25) is 5.15 Å². The molecule has 1 fully saturated rings. The third-order valence-electron chi connectivity index (χ3n) is 3.54. The number of likely N-dealkylation sites (tertiary alicyclic amines) is 1. The van der Waals surface area contributed by atoms with Gasteiger partial charge in [0.2, 0.25) is 5.91 Å². The Labute approximate surface area is 140 Å². The van der Waals surface area contributed by atoms with E-state index in [1.54, 1.807) is 12.1 Å². The molecule has 2 aromatic rings. The summed E-state index contributed by atoms with van der Waals surface area (Å²) >= 11 is 5.86. The molecule has 1 N–H and O–H groups in total. The predicted molar refractivity (Wildman–Crippen MR) is 82.6 cm³/mol. The van der Waals surface area contributed by atoms with Gasteiger partial charge in [-0.15, -0.1) is 0 Å². The SMILES string of the molecule is O=C(Nc1cccnc1Cl)C1CN(C(=O)c2ccc([N+](=O)[O-])o2)C1. The summed E-state index contributed by atoms with van der Waals surface area (Å²) in [6.45, 7) is 0.383. The second-order valence-corrected chi connectivity index (χ2v) is 5.49. The number of amides is 2. The molecule has 0 aromatic carbocycles. The molecule has 3 heterocycles. The van der Waals surface area contributed by atoms with Crippen molar-refractivity contribution in [3.63, 3.8) is 0 Å². The number of pyridine rings is 1. The maximum absolute atomic E-state index is 12.1. The standard InChI is InChI=1S/C14H11ClN4O5/c15-12-9(2-1-5-16-12)17-13(20)8-6-18(7-8)14(21)10-3-4-11(24-10)19(22)23/h1-5,8H,6-7H2,(H,17,20). The third kappa shape index (κ3) is 3.06. The molecule has 0 atom stereocenters. The van der Waals surface area contributed by atoms with Gasteiger partial charge in [0, 0.05) is 19.3 Å². The molecule has 0 bridgehead atoms. The Bertz CT molecular complexity index is 815. The highest BCUT2D eigenvalue weighted by Crippen LogP contribution is 2.24. The monoisotopic (exact) mass is 350 g/mol. The lowest BCUT2D eigenvalue weighted by molar-refractivity contribution is -0.402. The van der Waals surface area contributed by atoms with Crippen molar-refractivity contribution in [2.24, 2.45) is 5.92 Å². The van der Waals surface area contributed by atoms with Gasteiger partial charge in [-0.3, -0.25) is 19.7 Å². The quantitative estimate of drug-likeness (QED) is 0.511.